The van der Waals surface area contributed by atoms with Crippen molar-refractivity contribution in [3.8, 4) is 11.5 Å². The van der Waals surface area contributed by atoms with Crippen molar-refractivity contribution in [3.05, 3.63) is 17.6 Å². The van der Waals surface area contributed by atoms with Gasteiger partial charge in [0.1, 0.15) is 4.70 Å². The first kappa shape index (κ1) is 17.6. The zero-order valence-electron chi connectivity index (χ0n) is 11.6. The number of thiazole rings is 1. The predicted molar refractivity (Wildman–Crippen MR) is 78.1 cm³/mol. The Morgan fingerprint density at radius 3 is 2.43 bits per heavy atom. The van der Waals surface area contributed by atoms with Crippen LogP contribution in [-0.2, 0) is 16.7 Å². The monoisotopic (exact) mass is 335 g/mol. The van der Waals surface area contributed by atoms with Gasteiger partial charge >= 0.3 is 0 Å². The normalized spacial score (nSPS) is 11.2. The van der Waals surface area contributed by atoms with Crippen molar-refractivity contribution in [1.82, 2.24) is 0 Å². The second kappa shape index (κ2) is 7.03. The molecule has 1 heterocycles. The Bertz CT molecular complexity index is 710. The van der Waals surface area contributed by atoms with Gasteiger partial charge in [-0.05, 0) is 0 Å². The second-order valence-electron chi connectivity index (χ2n) is 4.23. The summed E-state index contributed by atoms with van der Waals surface area (Å²) in [5.74, 6) is 1.04. The SMILES string of the molecule is COc1cc2sc[n+](CCCS(=O)(=O)O)c2cc1OC.[OH-]. The average molecular weight is 335 g/mol. The van der Waals surface area contributed by atoms with E-state index in [4.69, 9.17) is 14.0 Å². The quantitative estimate of drug-likeness (QED) is 0.630. The van der Waals surface area contributed by atoms with Gasteiger partial charge in [-0.3, -0.25) is 4.55 Å². The third-order valence-electron chi connectivity index (χ3n) is 2.88. The molecule has 2 aromatic rings. The molecular weight excluding hydrogens is 318 g/mol. The molecule has 1 aromatic carbocycles. The molecule has 0 bridgehead atoms. The Morgan fingerprint density at radius 2 is 1.86 bits per heavy atom. The van der Waals surface area contributed by atoms with Gasteiger partial charge in [-0.25, -0.2) is 0 Å². The van der Waals surface area contributed by atoms with Gasteiger partial charge in [0.25, 0.3) is 10.1 Å². The Morgan fingerprint density at radius 1 is 1.24 bits per heavy atom. The maximum atomic E-state index is 10.7. The molecule has 2 rings (SSSR count). The molecule has 0 amide bonds. The van der Waals surface area contributed by atoms with Crippen molar-refractivity contribution < 1.29 is 32.5 Å². The molecule has 0 saturated heterocycles. The van der Waals surface area contributed by atoms with E-state index in [1.165, 1.54) is 11.3 Å². The largest absolute Gasteiger partial charge is 0.870 e. The molecule has 2 N–H and O–H groups in total. The van der Waals surface area contributed by atoms with Gasteiger partial charge in [-0.2, -0.15) is 13.0 Å². The van der Waals surface area contributed by atoms with Gasteiger partial charge < -0.3 is 14.9 Å². The summed E-state index contributed by atoms with van der Waals surface area (Å²) in [6.07, 6.45) is 0.351. The third kappa shape index (κ3) is 4.27. The van der Waals surface area contributed by atoms with Crippen LogP contribution >= 0.6 is 11.3 Å². The van der Waals surface area contributed by atoms with Crippen molar-refractivity contribution >= 4 is 31.7 Å². The zero-order chi connectivity index (χ0) is 14.8. The molecule has 0 spiro atoms. The minimum Gasteiger partial charge on any atom is -0.870 e. The molecule has 0 unspecified atom stereocenters. The Balaban J connectivity index is 0.00000220. The number of nitrogens with zero attached hydrogens (tertiary/aromatic N) is 1. The molecule has 0 aliphatic heterocycles. The van der Waals surface area contributed by atoms with Gasteiger partial charge in [0.15, 0.2) is 18.0 Å². The maximum absolute atomic E-state index is 10.7. The fourth-order valence-corrected chi connectivity index (χ4v) is 3.36. The van der Waals surface area contributed by atoms with E-state index in [9.17, 15) is 8.42 Å². The Labute approximate surface area is 126 Å². The van der Waals surface area contributed by atoms with Crippen LogP contribution in [0.15, 0.2) is 17.6 Å². The van der Waals surface area contributed by atoms with Crippen molar-refractivity contribution in [2.75, 3.05) is 20.0 Å². The average Bonchev–Trinajstić information content (AvgIpc) is 2.78. The lowest BCUT2D eigenvalue weighted by Gasteiger charge is -2.05. The van der Waals surface area contributed by atoms with E-state index in [2.05, 4.69) is 0 Å². The van der Waals surface area contributed by atoms with Crippen LogP contribution in [0, 0.1) is 0 Å². The lowest BCUT2D eigenvalue weighted by molar-refractivity contribution is -0.667. The van der Waals surface area contributed by atoms with E-state index >= 15 is 0 Å². The highest BCUT2D eigenvalue weighted by molar-refractivity contribution is 7.85. The summed E-state index contributed by atoms with van der Waals surface area (Å²) in [6, 6.07) is 3.75. The van der Waals surface area contributed by atoms with Crippen LogP contribution in [0.2, 0.25) is 0 Å². The smallest absolute Gasteiger partial charge is 0.265 e. The summed E-state index contributed by atoms with van der Waals surface area (Å²) in [5, 5.41) is 0. The number of benzene rings is 1. The minimum absolute atomic E-state index is 0. The summed E-state index contributed by atoms with van der Waals surface area (Å²) in [5.41, 5.74) is 2.86. The molecule has 21 heavy (non-hydrogen) atoms. The third-order valence-corrected chi connectivity index (χ3v) is 4.63. The first-order chi connectivity index (χ1) is 9.44. The van der Waals surface area contributed by atoms with Crippen LogP contribution in [0.4, 0.5) is 0 Å². The van der Waals surface area contributed by atoms with Crippen molar-refractivity contribution in [1.29, 1.82) is 0 Å². The number of methoxy groups -OCH3 is 2. The fourth-order valence-electron chi connectivity index (χ4n) is 1.94. The molecular formula is C12H17NO6S2. The molecule has 0 aliphatic rings. The summed E-state index contributed by atoms with van der Waals surface area (Å²) in [7, 11) is -0.760. The molecule has 0 atom stereocenters. The van der Waals surface area contributed by atoms with Crippen LogP contribution in [0.5, 0.6) is 11.5 Å². The van der Waals surface area contributed by atoms with E-state index in [-0.39, 0.29) is 11.2 Å². The zero-order valence-corrected chi connectivity index (χ0v) is 13.3. The van der Waals surface area contributed by atoms with Crippen LogP contribution in [0.3, 0.4) is 0 Å². The van der Waals surface area contributed by atoms with E-state index < -0.39 is 10.1 Å². The number of hydrogen-bond acceptors (Lipinski definition) is 6. The molecule has 118 valence electrons. The molecule has 0 aliphatic carbocycles. The van der Waals surface area contributed by atoms with Gasteiger partial charge in [0.05, 0.1) is 26.0 Å². The van der Waals surface area contributed by atoms with Crippen molar-refractivity contribution in [2.24, 2.45) is 0 Å². The first-order valence-electron chi connectivity index (χ1n) is 5.92. The maximum Gasteiger partial charge on any atom is 0.265 e. The lowest BCUT2D eigenvalue weighted by atomic mass is 10.3. The van der Waals surface area contributed by atoms with Crippen LogP contribution in [-0.4, -0.2) is 38.4 Å². The first-order valence-corrected chi connectivity index (χ1v) is 8.41. The second-order valence-corrected chi connectivity index (χ2v) is 6.69. The van der Waals surface area contributed by atoms with Crippen LogP contribution in [0.1, 0.15) is 6.42 Å². The molecule has 0 saturated carbocycles. The molecule has 9 heteroatoms. The topological polar surface area (TPSA) is 107 Å². The highest BCUT2D eigenvalue weighted by Gasteiger charge is 2.17. The van der Waals surface area contributed by atoms with E-state index in [0.717, 1.165) is 10.2 Å². The fraction of sp³-hybridized carbons (Fsp3) is 0.417. The highest BCUT2D eigenvalue weighted by Crippen LogP contribution is 2.32. The van der Waals surface area contributed by atoms with E-state index in [1.807, 2.05) is 22.2 Å². The summed E-state index contributed by atoms with van der Waals surface area (Å²) >= 11 is 1.54. The molecule has 1 aromatic heterocycles. The van der Waals surface area contributed by atoms with Crippen molar-refractivity contribution in [2.45, 2.75) is 13.0 Å². The standard InChI is InChI=1S/C12H15NO5S2.H2O/c1-17-10-6-9-12(7-11(10)18-2)19-8-13(9)4-3-5-20(14,15)16;/h6-8H,3-5H2,1-2H3;1H2. The van der Waals surface area contributed by atoms with Crippen LogP contribution < -0.4 is 14.0 Å². The van der Waals surface area contributed by atoms with Crippen molar-refractivity contribution in [3.63, 3.8) is 0 Å². The number of fused-ring (bicyclic) bond motifs is 1. The summed E-state index contributed by atoms with van der Waals surface area (Å²) in [4.78, 5) is 0. The molecule has 0 radical (unpaired) electrons. The highest BCUT2D eigenvalue weighted by atomic mass is 32.2. The number of ether oxygens (including phenoxy) is 2. The lowest BCUT2D eigenvalue weighted by Crippen LogP contribution is -2.32. The minimum atomic E-state index is -3.91. The van der Waals surface area contributed by atoms with E-state index in [1.54, 1.807) is 14.2 Å². The summed E-state index contributed by atoms with van der Waals surface area (Å²) < 4.78 is 43.6. The van der Waals surface area contributed by atoms with Gasteiger partial charge in [-0.1, -0.05) is 11.3 Å². The predicted octanol–water partition coefficient (Wildman–Crippen LogP) is 1.31. The Hall–Kier alpha value is -1.42. The van der Waals surface area contributed by atoms with E-state index in [0.29, 0.717) is 24.5 Å². The number of rotatable bonds is 6. The van der Waals surface area contributed by atoms with Gasteiger partial charge in [0.2, 0.25) is 11.0 Å². The van der Waals surface area contributed by atoms with Gasteiger partial charge in [-0.15, -0.1) is 0 Å². The summed E-state index contributed by atoms with van der Waals surface area (Å²) in [6.45, 7) is 0.509. The molecule has 7 nitrogen and oxygen atoms in total. The number of hydrogen-bond donors (Lipinski definition) is 1. The Kier molecular flexibility index (Phi) is 5.90. The number of aromatic nitrogens is 1. The molecule has 0 fully saturated rings. The van der Waals surface area contributed by atoms with Crippen LogP contribution in [0.25, 0.3) is 10.2 Å². The van der Waals surface area contributed by atoms with Gasteiger partial charge in [0, 0.05) is 12.5 Å². The number of aryl methyl sites for hydroxylation is 1.